The van der Waals surface area contributed by atoms with Crippen molar-refractivity contribution in [2.45, 2.75) is 322 Å². The van der Waals surface area contributed by atoms with Gasteiger partial charge in [-0.3, -0.25) is 9.59 Å². The van der Waals surface area contributed by atoms with Gasteiger partial charge in [0.1, 0.15) is 13.2 Å². The molecule has 0 aromatic rings. The van der Waals surface area contributed by atoms with E-state index in [1.807, 2.05) is 21.1 Å². The van der Waals surface area contributed by atoms with Crippen LogP contribution in [0.3, 0.4) is 0 Å². The molecule has 0 rings (SSSR count). The molecule has 9 nitrogen and oxygen atoms in total. The Bertz CT molecular complexity index is 1480. The third kappa shape index (κ3) is 62.4. The van der Waals surface area contributed by atoms with Crippen molar-refractivity contribution < 1.29 is 42.9 Å². The van der Waals surface area contributed by atoms with Crippen LogP contribution in [0.2, 0.25) is 0 Å². The number of nitrogens with zero attached hydrogens (tertiary/aromatic N) is 1. The smallest absolute Gasteiger partial charge is 0.306 e. The molecule has 2 unspecified atom stereocenters. The molecule has 0 N–H and O–H groups in total. The number of allylic oxidation sites excluding steroid dienone is 10. The summed E-state index contributed by atoms with van der Waals surface area (Å²) in [6.45, 7) is 4.69. The van der Waals surface area contributed by atoms with Gasteiger partial charge in [-0.15, -0.1) is 0 Å². The molecule has 0 radical (unpaired) electrons. The van der Waals surface area contributed by atoms with Crippen molar-refractivity contribution in [3.05, 3.63) is 60.8 Å². The van der Waals surface area contributed by atoms with Gasteiger partial charge < -0.3 is 33.3 Å². The Hall–Kier alpha value is -3.01. The summed E-state index contributed by atoms with van der Waals surface area (Å²) in [5, 5.41) is 11.8. The zero-order valence-electron chi connectivity index (χ0n) is 52.5. The Balaban J connectivity index is 4.09. The quantitative estimate of drug-likeness (QED) is 0.0195. The van der Waals surface area contributed by atoms with Gasteiger partial charge in [0.25, 0.3) is 0 Å². The van der Waals surface area contributed by atoms with E-state index in [1.165, 1.54) is 212 Å². The largest absolute Gasteiger partial charge is 0.545 e. The molecular formula is C70H127NO8. The molecule has 0 fully saturated rings. The minimum Gasteiger partial charge on any atom is -0.545 e. The van der Waals surface area contributed by atoms with Crippen LogP contribution >= 0.6 is 0 Å². The van der Waals surface area contributed by atoms with E-state index in [1.54, 1.807) is 0 Å². The Morgan fingerprint density at radius 2 is 0.722 bits per heavy atom. The molecule has 0 aromatic heterocycles. The molecular weight excluding hydrogens is 983 g/mol. The first kappa shape index (κ1) is 76.0. The summed E-state index contributed by atoms with van der Waals surface area (Å²) in [4.78, 5) is 37.4. The van der Waals surface area contributed by atoms with Crippen molar-refractivity contribution >= 4 is 17.9 Å². The van der Waals surface area contributed by atoms with Gasteiger partial charge in [0, 0.05) is 12.8 Å². The highest BCUT2D eigenvalue weighted by atomic mass is 16.7. The van der Waals surface area contributed by atoms with Gasteiger partial charge in [-0.1, -0.05) is 299 Å². The molecule has 0 amide bonds. The van der Waals surface area contributed by atoms with Crippen molar-refractivity contribution in [2.24, 2.45) is 0 Å². The number of hydrogen-bond acceptors (Lipinski definition) is 8. The number of ether oxygens (including phenoxy) is 4. The second-order valence-corrected chi connectivity index (χ2v) is 23.7. The zero-order chi connectivity index (χ0) is 57.6. The summed E-state index contributed by atoms with van der Waals surface area (Å²) in [7, 11) is 5.94. The summed E-state index contributed by atoms with van der Waals surface area (Å²) in [5.41, 5.74) is 0. The zero-order valence-corrected chi connectivity index (χ0v) is 52.5. The molecule has 0 saturated carbocycles. The van der Waals surface area contributed by atoms with Crippen molar-refractivity contribution in [2.75, 3.05) is 47.5 Å². The molecule has 79 heavy (non-hydrogen) atoms. The molecule has 0 aromatic carbocycles. The predicted octanol–water partition coefficient (Wildman–Crippen LogP) is 19.0. The van der Waals surface area contributed by atoms with Crippen molar-refractivity contribution in [1.29, 1.82) is 0 Å². The van der Waals surface area contributed by atoms with Crippen LogP contribution in [0.25, 0.3) is 0 Å². The van der Waals surface area contributed by atoms with Crippen LogP contribution in [0.15, 0.2) is 60.8 Å². The van der Waals surface area contributed by atoms with Gasteiger partial charge in [0.15, 0.2) is 12.4 Å². The van der Waals surface area contributed by atoms with E-state index in [9.17, 15) is 19.5 Å². The number of esters is 2. The van der Waals surface area contributed by atoms with E-state index in [0.717, 1.165) is 64.2 Å². The van der Waals surface area contributed by atoms with Gasteiger partial charge >= 0.3 is 11.9 Å². The Labute approximate surface area is 488 Å². The minimum atomic E-state index is -1.62. The molecule has 0 bridgehead atoms. The van der Waals surface area contributed by atoms with Crippen molar-refractivity contribution in [3.63, 3.8) is 0 Å². The van der Waals surface area contributed by atoms with Crippen LogP contribution < -0.4 is 5.11 Å². The molecule has 2 atom stereocenters. The normalized spacial score (nSPS) is 13.1. The third-order valence-corrected chi connectivity index (χ3v) is 14.8. The molecule has 0 heterocycles. The van der Waals surface area contributed by atoms with Gasteiger partial charge in [-0.2, -0.15) is 0 Å². The van der Waals surface area contributed by atoms with Crippen molar-refractivity contribution in [1.82, 2.24) is 0 Å². The molecule has 0 spiro atoms. The lowest BCUT2D eigenvalue weighted by atomic mass is 10.0. The fraction of sp³-hybridized carbons (Fsp3) is 0.814. The van der Waals surface area contributed by atoms with Crippen LogP contribution in [-0.4, -0.2) is 82.3 Å². The SMILES string of the molecule is CC/C=C\C/C=C\C/C=C\C/C=C\C/C=C\CCCCCCCCCCCCCCCCCCCC(=O)OC(COC(=O)CCCCCCCCCCCCCCCCCCCCCCC)COC(OCC[N+](C)(C)C)C(=O)[O-]. The second-order valence-electron chi connectivity index (χ2n) is 23.7. The fourth-order valence-electron chi connectivity index (χ4n) is 9.68. The van der Waals surface area contributed by atoms with E-state index < -0.39 is 24.3 Å². The lowest BCUT2D eigenvalue weighted by molar-refractivity contribution is -0.870. The number of likely N-dealkylation sites (N-methyl/N-ethyl adjacent to an activating group) is 1. The fourth-order valence-corrected chi connectivity index (χ4v) is 9.68. The average molecular weight is 1110 g/mol. The average Bonchev–Trinajstić information content (AvgIpc) is 3.42. The number of carbonyl (C=O) groups is 3. The first-order valence-electron chi connectivity index (χ1n) is 33.4. The number of carboxylic acid groups (broad SMARTS) is 1. The van der Waals surface area contributed by atoms with Gasteiger partial charge in [-0.25, -0.2) is 0 Å². The molecule has 9 heteroatoms. The lowest BCUT2D eigenvalue weighted by Crippen LogP contribution is -2.44. The number of quaternary nitrogens is 1. The van der Waals surface area contributed by atoms with E-state index in [2.05, 4.69) is 74.6 Å². The summed E-state index contributed by atoms with van der Waals surface area (Å²) in [6, 6.07) is 0. The summed E-state index contributed by atoms with van der Waals surface area (Å²) < 4.78 is 22.8. The Kier molecular flexibility index (Phi) is 58.7. The van der Waals surface area contributed by atoms with Gasteiger partial charge in [0.2, 0.25) is 0 Å². The van der Waals surface area contributed by atoms with E-state index in [0.29, 0.717) is 23.9 Å². The number of unbranched alkanes of at least 4 members (excludes halogenated alkanes) is 37. The monoisotopic (exact) mass is 1110 g/mol. The van der Waals surface area contributed by atoms with Crippen molar-refractivity contribution in [3.8, 4) is 0 Å². The van der Waals surface area contributed by atoms with E-state index in [-0.39, 0.29) is 32.2 Å². The van der Waals surface area contributed by atoms with Crippen LogP contribution in [0.5, 0.6) is 0 Å². The molecule has 460 valence electrons. The second kappa shape index (κ2) is 61.1. The lowest BCUT2D eigenvalue weighted by Gasteiger charge is -2.26. The van der Waals surface area contributed by atoms with E-state index >= 15 is 0 Å². The maximum atomic E-state index is 12.9. The van der Waals surface area contributed by atoms with Gasteiger partial charge in [0.05, 0.1) is 40.3 Å². The maximum Gasteiger partial charge on any atom is 0.306 e. The predicted molar refractivity (Wildman–Crippen MR) is 334 cm³/mol. The highest BCUT2D eigenvalue weighted by Crippen LogP contribution is 2.18. The Morgan fingerprint density at radius 1 is 0.392 bits per heavy atom. The summed E-state index contributed by atoms with van der Waals surface area (Å²) in [6.07, 6.45) is 75.8. The molecule has 0 aliphatic heterocycles. The van der Waals surface area contributed by atoms with Crippen LogP contribution in [0, 0.1) is 0 Å². The van der Waals surface area contributed by atoms with Crippen LogP contribution in [0.1, 0.15) is 309 Å². The Morgan fingerprint density at radius 3 is 1.08 bits per heavy atom. The third-order valence-electron chi connectivity index (χ3n) is 14.8. The highest BCUT2D eigenvalue weighted by Gasteiger charge is 2.22. The first-order valence-corrected chi connectivity index (χ1v) is 33.4. The summed E-state index contributed by atoms with van der Waals surface area (Å²) >= 11 is 0. The molecule has 0 saturated heterocycles. The van der Waals surface area contributed by atoms with Crippen LogP contribution in [0.4, 0.5) is 0 Å². The number of carboxylic acids is 1. The number of carbonyl (C=O) groups excluding carboxylic acids is 3. The number of aliphatic carboxylic acids is 1. The summed E-state index contributed by atoms with van der Waals surface area (Å²) in [5.74, 6) is -2.26. The molecule has 0 aliphatic rings. The van der Waals surface area contributed by atoms with E-state index in [4.69, 9.17) is 18.9 Å². The number of rotatable bonds is 62. The molecule has 0 aliphatic carbocycles. The first-order chi connectivity index (χ1) is 38.6. The van der Waals surface area contributed by atoms with Crippen LogP contribution in [-0.2, 0) is 33.3 Å². The number of hydrogen-bond donors (Lipinski definition) is 0. The maximum absolute atomic E-state index is 12.9. The highest BCUT2D eigenvalue weighted by molar-refractivity contribution is 5.70. The topological polar surface area (TPSA) is 111 Å². The minimum absolute atomic E-state index is 0.149. The standard InChI is InChI=1S/C70H127NO8/c1-6-8-10-12-14-16-18-20-22-24-26-28-29-30-31-32-33-34-35-36-37-38-39-41-43-45-47-49-51-53-55-57-59-61-68(73)79-66(65-78-70(69(74)75)76-63-62-71(3,4)5)64-77-67(72)60-58-56-54-52-50-48-46-44-42-40-27-25-23-21-19-17-15-13-11-9-7-2/h8,10,14,16,20,22,26,28,30-31,66,70H,6-7,9,11-13,15,17-19,21,23-25,27,29,32-65H2,1-5H3/b10-8-,16-14-,22-20-,28-26-,31-30-. The van der Waals surface area contributed by atoms with Gasteiger partial charge in [-0.05, 0) is 57.8 Å².